The number of nitrogens with two attached hydrogens (primary N) is 1. The maximum Gasteiger partial charge on any atom is 0.294 e. The first-order chi connectivity index (χ1) is 14.8. The Hall–Kier alpha value is -3.56. The molecule has 1 aromatic carbocycles. The molecule has 0 aliphatic rings. The average molecular weight is 448 g/mol. The van der Waals surface area contributed by atoms with Crippen LogP contribution in [0.4, 0.5) is 14.5 Å². The van der Waals surface area contributed by atoms with Gasteiger partial charge in [-0.05, 0) is 63.9 Å². The molecule has 4 N–H and O–H groups in total. The van der Waals surface area contributed by atoms with Crippen LogP contribution in [0.2, 0.25) is 0 Å². The third-order valence-corrected chi connectivity index (χ3v) is 5.18. The highest BCUT2D eigenvalue weighted by Crippen LogP contribution is 2.25. The zero-order valence-corrected chi connectivity index (χ0v) is 18.6. The van der Waals surface area contributed by atoms with Crippen molar-refractivity contribution in [2.45, 2.75) is 46.7 Å². The minimum absolute atomic E-state index is 0.0886. The summed E-state index contributed by atoms with van der Waals surface area (Å²) in [4.78, 5) is 49.9. The van der Waals surface area contributed by atoms with E-state index >= 15 is 0 Å². The number of nitrogens with one attached hydrogen (secondary N) is 2. The quantitative estimate of drug-likeness (QED) is 0.424. The molecule has 1 aromatic heterocycles. The Balaban J connectivity index is 2.47. The summed E-state index contributed by atoms with van der Waals surface area (Å²) in [5.41, 5.74) is 4.77. The lowest BCUT2D eigenvalue weighted by molar-refractivity contribution is -0.128. The molecule has 0 saturated carbocycles. The van der Waals surface area contributed by atoms with Crippen LogP contribution in [0.1, 0.15) is 51.5 Å². The molecule has 0 radical (unpaired) electrons. The molecule has 32 heavy (non-hydrogen) atoms. The van der Waals surface area contributed by atoms with Gasteiger partial charge in [0.05, 0.1) is 17.8 Å². The standard InChI is InChI=1S/C22H26F2N4O4/c1-11-10-14(6-7-15(11)24)26-19(30)16-12(2)17(28(9-8-23)13(16)3)18(29)20(31)27-22(4,5)21(25)32/h6-7,10H,8-9H2,1-5H3,(H2,25,32)(H,26,30)(H,27,31). The monoisotopic (exact) mass is 448 g/mol. The molecule has 2 aromatic rings. The number of Topliss-reactive ketones (excluding diaryl/α,β-unsaturated/α-hetero) is 1. The Morgan fingerprint density at radius 3 is 2.28 bits per heavy atom. The van der Waals surface area contributed by atoms with E-state index in [0.717, 1.165) is 0 Å². The molecule has 0 spiro atoms. The minimum Gasteiger partial charge on any atom is -0.368 e. The van der Waals surface area contributed by atoms with Crippen molar-refractivity contribution < 1.29 is 28.0 Å². The SMILES string of the molecule is Cc1cc(NC(=O)c2c(C)c(C(=O)C(=O)NC(C)(C)C(N)=O)n(CCF)c2C)ccc1F. The van der Waals surface area contributed by atoms with Gasteiger partial charge in [-0.2, -0.15) is 0 Å². The van der Waals surface area contributed by atoms with Crippen LogP contribution in [-0.2, 0) is 16.1 Å². The largest absolute Gasteiger partial charge is 0.368 e. The number of amides is 3. The fourth-order valence-electron chi connectivity index (χ4n) is 3.31. The van der Waals surface area contributed by atoms with Gasteiger partial charge in [-0.15, -0.1) is 0 Å². The first-order valence-electron chi connectivity index (χ1n) is 9.81. The Labute approximate surface area is 184 Å². The molecule has 0 fully saturated rings. The summed E-state index contributed by atoms with van der Waals surface area (Å²) in [7, 11) is 0. The molecule has 0 aliphatic heterocycles. The average Bonchev–Trinajstić information content (AvgIpc) is 2.93. The Kier molecular flexibility index (Phi) is 7.17. The molecule has 8 nitrogen and oxygen atoms in total. The Morgan fingerprint density at radius 2 is 1.75 bits per heavy atom. The fraction of sp³-hybridized carbons (Fsp3) is 0.364. The lowest BCUT2D eigenvalue weighted by atomic mass is 10.0. The topological polar surface area (TPSA) is 123 Å². The number of anilines is 1. The third-order valence-electron chi connectivity index (χ3n) is 5.18. The molecule has 0 unspecified atom stereocenters. The highest BCUT2D eigenvalue weighted by atomic mass is 19.1. The number of rotatable bonds is 8. The van der Waals surface area contributed by atoms with Crippen LogP contribution in [0, 0.1) is 26.6 Å². The van der Waals surface area contributed by atoms with E-state index in [-0.39, 0.29) is 29.1 Å². The predicted octanol–water partition coefficient (Wildman–Crippen LogP) is 2.34. The second-order valence-corrected chi connectivity index (χ2v) is 7.97. The number of primary amides is 1. The number of carbonyl (C=O) groups excluding carboxylic acids is 4. The van der Waals surface area contributed by atoms with Crippen molar-refractivity contribution in [2.24, 2.45) is 5.73 Å². The summed E-state index contributed by atoms with van der Waals surface area (Å²) in [6, 6.07) is 4.04. The number of aromatic nitrogens is 1. The zero-order valence-electron chi connectivity index (χ0n) is 18.6. The summed E-state index contributed by atoms with van der Waals surface area (Å²) in [6.07, 6.45) is 0. The van der Waals surface area contributed by atoms with Crippen molar-refractivity contribution in [3.05, 3.63) is 52.1 Å². The Bertz CT molecular complexity index is 1110. The van der Waals surface area contributed by atoms with E-state index in [0.29, 0.717) is 11.3 Å². The van der Waals surface area contributed by atoms with Crippen molar-refractivity contribution in [3.8, 4) is 0 Å². The number of aryl methyl sites for hydroxylation is 1. The van der Waals surface area contributed by atoms with E-state index in [9.17, 15) is 28.0 Å². The van der Waals surface area contributed by atoms with Crippen LogP contribution in [0.3, 0.4) is 0 Å². The number of hydrogen-bond acceptors (Lipinski definition) is 4. The number of halogens is 2. The van der Waals surface area contributed by atoms with Crippen molar-refractivity contribution in [1.29, 1.82) is 0 Å². The van der Waals surface area contributed by atoms with Gasteiger partial charge in [0.2, 0.25) is 5.91 Å². The third kappa shape index (κ3) is 4.84. The minimum atomic E-state index is -1.49. The van der Waals surface area contributed by atoms with E-state index in [1.807, 2.05) is 0 Å². The number of ketones is 1. The van der Waals surface area contributed by atoms with Gasteiger partial charge in [-0.1, -0.05) is 0 Å². The van der Waals surface area contributed by atoms with Gasteiger partial charge in [0, 0.05) is 11.4 Å². The van der Waals surface area contributed by atoms with Gasteiger partial charge in [0.25, 0.3) is 17.6 Å². The van der Waals surface area contributed by atoms with Crippen molar-refractivity contribution >= 4 is 29.2 Å². The van der Waals surface area contributed by atoms with Gasteiger partial charge in [0.15, 0.2) is 0 Å². The normalized spacial score (nSPS) is 11.2. The Morgan fingerprint density at radius 1 is 1.12 bits per heavy atom. The van der Waals surface area contributed by atoms with E-state index in [1.165, 1.54) is 50.5 Å². The number of nitrogens with zero attached hydrogens (tertiary/aromatic N) is 1. The molecule has 3 amide bonds. The smallest absolute Gasteiger partial charge is 0.294 e. The van der Waals surface area contributed by atoms with Gasteiger partial charge in [-0.3, -0.25) is 19.2 Å². The molecular formula is C22H26F2N4O4. The van der Waals surface area contributed by atoms with Crippen molar-refractivity contribution in [2.75, 3.05) is 12.0 Å². The lowest BCUT2D eigenvalue weighted by Gasteiger charge is -2.22. The number of alkyl halides is 1. The van der Waals surface area contributed by atoms with Gasteiger partial charge in [-0.25, -0.2) is 8.78 Å². The molecular weight excluding hydrogens is 422 g/mol. The van der Waals surface area contributed by atoms with Gasteiger partial charge >= 0.3 is 0 Å². The first-order valence-corrected chi connectivity index (χ1v) is 9.81. The summed E-state index contributed by atoms with van der Waals surface area (Å²) in [5.74, 6) is -4.03. The maximum absolute atomic E-state index is 13.5. The van der Waals surface area contributed by atoms with E-state index in [2.05, 4.69) is 10.6 Å². The molecule has 0 atom stereocenters. The van der Waals surface area contributed by atoms with Crippen LogP contribution >= 0.6 is 0 Å². The number of hydrogen-bond donors (Lipinski definition) is 3. The van der Waals surface area contributed by atoms with Crippen molar-refractivity contribution in [3.63, 3.8) is 0 Å². The van der Waals surface area contributed by atoms with E-state index in [1.54, 1.807) is 6.92 Å². The zero-order chi connectivity index (χ0) is 24.4. The fourth-order valence-corrected chi connectivity index (χ4v) is 3.31. The molecule has 1 heterocycles. The number of carbonyl (C=O) groups is 4. The lowest BCUT2D eigenvalue weighted by Crippen LogP contribution is -2.54. The maximum atomic E-state index is 13.5. The van der Waals surface area contributed by atoms with E-state index < -0.39 is 41.5 Å². The highest BCUT2D eigenvalue weighted by molar-refractivity contribution is 6.43. The second-order valence-electron chi connectivity index (χ2n) is 7.97. The van der Waals surface area contributed by atoms with Gasteiger partial charge < -0.3 is 20.9 Å². The first kappa shape index (κ1) is 24.7. The molecule has 2 rings (SSSR count). The molecule has 0 bridgehead atoms. The summed E-state index contributed by atoms with van der Waals surface area (Å²) in [6.45, 7) is 6.10. The van der Waals surface area contributed by atoms with Crippen LogP contribution in [0.25, 0.3) is 0 Å². The molecule has 172 valence electrons. The summed E-state index contributed by atoms with van der Waals surface area (Å²) in [5, 5.41) is 4.88. The second kappa shape index (κ2) is 9.29. The number of benzene rings is 1. The van der Waals surface area contributed by atoms with Crippen LogP contribution < -0.4 is 16.4 Å². The predicted molar refractivity (Wildman–Crippen MR) is 115 cm³/mol. The van der Waals surface area contributed by atoms with Crippen LogP contribution in [0.15, 0.2) is 18.2 Å². The molecule has 10 heteroatoms. The van der Waals surface area contributed by atoms with Crippen molar-refractivity contribution in [1.82, 2.24) is 9.88 Å². The summed E-state index contributed by atoms with van der Waals surface area (Å²) >= 11 is 0. The van der Waals surface area contributed by atoms with E-state index in [4.69, 9.17) is 5.73 Å². The molecule has 0 aliphatic carbocycles. The molecule has 0 saturated heterocycles. The van der Waals surface area contributed by atoms with Crippen LogP contribution in [-0.4, -0.2) is 40.3 Å². The van der Waals surface area contributed by atoms with Crippen LogP contribution in [0.5, 0.6) is 0 Å². The summed E-state index contributed by atoms with van der Waals surface area (Å²) < 4.78 is 28.0. The highest BCUT2D eigenvalue weighted by Gasteiger charge is 2.34. The van der Waals surface area contributed by atoms with Gasteiger partial charge in [0.1, 0.15) is 18.0 Å².